The normalized spacial score (nSPS) is 13.5. The second-order valence-electron chi connectivity index (χ2n) is 5.33. The number of hydrogen-bond acceptors (Lipinski definition) is 5. The minimum atomic E-state index is -0.331. The molecule has 1 fully saturated rings. The largest absolute Gasteiger partial charge is 0.339 e. The highest BCUT2D eigenvalue weighted by molar-refractivity contribution is 7.09. The van der Waals surface area contributed by atoms with Crippen molar-refractivity contribution in [1.82, 2.24) is 9.88 Å². The Morgan fingerprint density at radius 1 is 1.25 bits per heavy atom. The molecule has 2 amide bonds. The Kier molecular flexibility index (Phi) is 6.30. The molecule has 1 saturated heterocycles. The molecular weight excluding hydrogens is 348 g/mol. The number of nitrogens with two attached hydrogens (primary N) is 1. The summed E-state index contributed by atoms with van der Waals surface area (Å²) in [6.45, 7) is 1.85. The number of aromatic nitrogens is 1. The molecule has 1 aromatic carbocycles. The highest BCUT2D eigenvalue weighted by atomic mass is 35.5. The van der Waals surface area contributed by atoms with Gasteiger partial charge in [0.25, 0.3) is 11.8 Å². The van der Waals surface area contributed by atoms with E-state index in [9.17, 15) is 9.59 Å². The third-order valence-corrected chi connectivity index (χ3v) is 4.63. The van der Waals surface area contributed by atoms with Crippen LogP contribution in [-0.4, -0.2) is 34.8 Å². The summed E-state index contributed by atoms with van der Waals surface area (Å²) in [5.74, 6) is -0.373. The van der Waals surface area contributed by atoms with Gasteiger partial charge in [-0.15, -0.1) is 23.7 Å². The number of thiazole rings is 1. The van der Waals surface area contributed by atoms with Crippen molar-refractivity contribution in [3.8, 4) is 0 Å². The second kappa shape index (κ2) is 8.23. The average molecular weight is 367 g/mol. The highest BCUT2D eigenvalue weighted by Crippen LogP contribution is 2.21. The van der Waals surface area contributed by atoms with Crippen molar-refractivity contribution in [3.05, 3.63) is 45.9 Å². The average Bonchev–Trinajstić information content (AvgIpc) is 3.26. The number of rotatable bonds is 4. The molecule has 2 aromatic rings. The van der Waals surface area contributed by atoms with Gasteiger partial charge in [-0.05, 0) is 25.0 Å². The summed E-state index contributed by atoms with van der Waals surface area (Å²) in [5.41, 5.74) is 6.86. The maximum atomic E-state index is 12.6. The number of nitrogens with zero attached hydrogens (tertiary/aromatic N) is 2. The minimum Gasteiger partial charge on any atom is -0.339 e. The number of nitrogens with one attached hydrogen (secondary N) is 1. The number of para-hydroxylation sites is 1. The minimum absolute atomic E-state index is 0. The van der Waals surface area contributed by atoms with Crippen LogP contribution in [0.3, 0.4) is 0 Å². The first kappa shape index (κ1) is 18.4. The fraction of sp³-hybridized carbons (Fsp3) is 0.312. The molecule has 0 radical (unpaired) electrons. The SMILES string of the molecule is Cl.NCc1nc(C(=O)Nc2ccccc2C(=O)N2CCCC2)cs1. The Morgan fingerprint density at radius 2 is 1.96 bits per heavy atom. The monoisotopic (exact) mass is 366 g/mol. The first-order chi connectivity index (χ1) is 11.2. The zero-order valence-electron chi connectivity index (χ0n) is 13.0. The van der Waals surface area contributed by atoms with Gasteiger partial charge in [0, 0.05) is 25.0 Å². The molecule has 6 nitrogen and oxygen atoms in total. The van der Waals surface area contributed by atoms with E-state index in [2.05, 4.69) is 10.3 Å². The Balaban J connectivity index is 0.00000208. The van der Waals surface area contributed by atoms with Crippen LogP contribution >= 0.6 is 23.7 Å². The molecule has 128 valence electrons. The summed E-state index contributed by atoms with van der Waals surface area (Å²) >= 11 is 1.35. The molecule has 0 spiro atoms. The summed E-state index contributed by atoms with van der Waals surface area (Å²) in [7, 11) is 0. The number of anilines is 1. The van der Waals surface area contributed by atoms with Crippen LogP contribution in [-0.2, 0) is 6.54 Å². The molecule has 1 aromatic heterocycles. The molecular formula is C16H19ClN4O2S. The summed E-state index contributed by atoms with van der Waals surface area (Å²) in [4.78, 5) is 30.9. The van der Waals surface area contributed by atoms with E-state index < -0.39 is 0 Å². The van der Waals surface area contributed by atoms with Crippen LogP contribution in [0.25, 0.3) is 0 Å². The smallest absolute Gasteiger partial charge is 0.275 e. The van der Waals surface area contributed by atoms with Crippen molar-refractivity contribution in [2.75, 3.05) is 18.4 Å². The van der Waals surface area contributed by atoms with Crippen molar-refractivity contribution in [1.29, 1.82) is 0 Å². The number of likely N-dealkylation sites (tertiary alicyclic amines) is 1. The third kappa shape index (κ3) is 3.92. The predicted molar refractivity (Wildman–Crippen MR) is 96.8 cm³/mol. The van der Waals surface area contributed by atoms with Gasteiger partial charge in [-0.2, -0.15) is 0 Å². The molecule has 0 saturated carbocycles. The molecule has 0 aliphatic carbocycles. The second-order valence-corrected chi connectivity index (χ2v) is 6.27. The molecule has 3 N–H and O–H groups in total. The van der Waals surface area contributed by atoms with Crippen LogP contribution in [0.1, 0.15) is 38.7 Å². The lowest BCUT2D eigenvalue weighted by Gasteiger charge is -2.17. The number of benzene rings is 1. The van der Waals surface area contributed by atoms with E-state index >= 15 is 0 Å². The zero-order valence-corrected chi connectivity index (χ0v) is 14.7. The molecule has 3 rings (SSSR count). The van der Waals surface area contributed by atoms with Crippen molar-refractivity contribution < 1.29 is 9.59 Å². The first-order valence-corrected chi connectivity index (χ1v) is 8.41. The Bertz CT molecular complexity index is 728. The van der Waals surface area contributed by atoms with Crippen molar-refractivity contribution >= 4 is 41.2 Å². The molecule has 0 atom stereocenters. The summed E-state index contributed by atoms with van der Waals surface area (Å²) in [6, 6.07) is 7.07. The molecule has 8 heteroatoms. The Labute approximate surface area is 150 Å². The number of amides is 2. The standard InChI is InChI=1S/C16H18N4O2S.ClH/c17-9-14-18-13(10-23-14)15(21)19-12-6-2-1-5-11(12)16(22)20-7-3-4-8-20;/h1-2,5-6,10H,3-4,7-9,17H2,(H,19,21);1H. The lowest BCUT2D eigenvalue weighted by Crippen LogP contribution is -2.28. The Morgan fingerprint density at radius 3 is 2.62 bits per heavy atom. The summed E-state index contributed by atoms with van der Waals surface area (Å²) < 4.78 is 0. The number of carbonyl (C=O) groups excluding carboxylic acids is 2. The quantitative estimate of drug-likeness (QED) is 0.870. The van der Waals surface area contributed by atoms with Gasteiger partial charge in [0.2, 0.25) is 0 Å². The van der Waals surface area contributed by atoms with E-state index in [-0.39, 0.29) is 24.2 Å². The van der Waals surface area contributed by atoms with E-state index in [4.69, 9.17) is 5.73 Å². The molecule has 0 unspecified atom stereocenters. The Hall–Kier alpha value is -1.96. The van der Waals surface area contributed by atoms with E-state index in [1.807, 2.05) is 4.90 Å². The fourth-order valence-corrected chi connectivity index (χ4v) is 3.22. The van der Waals surface area contributed by atoms with Crippen molar-refractivity contribution in [2.24, 2.45) is 5.73 Å². The van der Waals surface area contributed by atoms with Crippen LogP contribution in [0.4, 0.5) is 5.69 Å². The van der Waals surface area contributed by atoms with Crippen LogP contribution in [0, 0.1) is 0 Å². The number of halogens is 1. The van der Waals surface area contributed by atoms with Gasteiger partial charge in [0.15, 0.2) is 0 Å². The van der Waals surface area contributed by atoms with Crippen LogP contribution in [0.15, 0.2) is 29.6 Å². The molecule has 1 aliphatic heterocycles. The van der Waals surface area contributed by atoms with E-state index in [0.29, 0.717) is 28.5 Å². The fourth-order valence-electron chi connectivity index (χ4n) is 2.56. The third-order valence-electron chi connectivity index (χ3n) is 3.76. The van der Waals surface area contributed by atoms with E-state index in [0.717, 1.165) is 25.9 Å². The van der Waals surface area contributed by atoms with Crippen molar-refractivity contribution in [2.45, 2.75) is 19.4 Å². The topological polar surface area (TPSA) is 88.3 Å². The van der Waals surface area contributed by atoms with Crippen molar-refractivity contribution in [3.63, 3.8) is 0 Å². The zero-order chi connectivity index (χ0) is 16.2. The van der Waals surface area contributed by atoms with Gasteiger partial charge < -0.3 is 16.0 Å². The van der Waals surface area contributed by atoms with Gasteiger partial charge >= 0.3 is 0 Å². The molecule has 2 heterocycles. The summed E-state index contributed by atoms with van der Waals surface area (Å²) in [5, 5.41) is 5.16. The van der Waals surface area contributed by atoms with Crippen LogP contribution < -0.4 is 11.1 Å². The van der Waals surface area contributed by atoms with Gasteiger partial charge in [0.1, 0.15) is 10.7 Å². The van der Waals surface area contributed by atoms with Crippen LogP contribution in [0.2, 0.25) is 0 Å². The molecule has 0 bridgehead atoms. The lowest BCUT2D eigenvalue weighted by molar-refractivity contribution is 0.0794. The van der Waals surface area contributed by atoms with Gasteiger partial charge in [-0.25, -0.2) is 4.98 Å². The van der Waals surface area contributed by atoms with E-state index in [1.165, 1.54) is 11.3 Å². The molecule has 1 aliphatic rings. The number of hydrogen-bond donors (Lipinski definition) is 2. The number of carbonyl (C=O) groups is 2. The predicted octanol–water partition coefficient (Wildman–Crippen LogP) is 2.51. The van der Waals surface area contributed by atoms with Crippen LogP contribution in [0.5, 0.6) is 0 Å². The molecule has 24 heavy (non-hydrogen) atoms. The van der Waals surface area contributed by atoms with Gasteiger partial charge in [-0.3, -0.25) is 9.59 Å². The maximum Gasteiger partial charge on any atom is 0.275 e. The summed E-state index contributed by atoms with van der Waals surface area (Å²) in [6.07, 6.45) is 2.06. The van der Waals surface area contributed by atoms with E-state index in [1.54, 1.807) is 29.6 Å². The van der Waals surface area contributed by atoms with Gasteiger partial charge in [0.05, 0.1) is 11.3 Å². The van der Waals surface area contributed by atoms with Gasteiger partial charge in [-0.1, -0.05) is 12.1 Å². The lowest BCUT2D eigenvalue weighted by atomic mass is 10.1. The first-order valence-electron chi connectivity index (χ1n) is 7.53. The maximum absolute atomic E-state index is 12.6. The highest BCUT2D eigenvalue weighted by Gasteiger charge is 2.22.